The van der Waals surface area contributed by atoms with Crippen molar-refractivity contribution in [3.05, 3.63) is 56.5 Å². The van der Waals surface area contributed by atoms with E-state index in [9.17, 15) is 4.39 Å². The van der Waals surface area contributed by atoms with Gasteiger partial charge in [-0.05, 0) is 42.3 Å². The van der Waals surface area contributed by atoms with E-state index < -0.39 is 0 Å². The van der Waals surface area contributed by atoms with Crippen molar-refractivity contribution >= 4 is 22.9 Å². The molecule has 114 valence electrons. The van der Waals surface area contributed by atoms with Crippen molar-refractivity contribution in [3.8, 4) is 0 Å². The second kappa shape index (κ2) is 6.47. The first kappa shape index (κ1) is 16.5. The Hall–Kier alpha value is -0.900. The summed E-state index contributed by atoms with van der Waals surface area (Å²) in [6.45, 7) is 9.34. The van der Waals surface area contributed by atoms with Crippen LogP contribution in [0.1, 0.15) is 49.1 Å². The number of halogens is 2. The minimum Gasteiger partial charge on any atom is -0.306 e. The molecule has 21 heavy (non-hydrogen) atoms. The Bertz CT molecular complexity index is 615. The van der Waals surface area contributed by atoms with Crippen LogP contribution in [0.5, 0.6) is 0 Å². The molecule has 0 aliphatic rings. The van der Waals surface area contributed by atoms with Gasteiger partial charge in [-0.25, -0.2) is 4.39 Å². The highest BCUT2D eigenvalue weighted by Gasteiger charge is 2.22. The Balaban J connectivity index is 2.44. The molecule has 0 bridgehead atoms. The Labute approximate surface area is 135 Å². The minimum absolute atomic E-state index is 0.104. The second-order valence-corrected chi connectivity index (χ2v) is 7.66. The molecule has 2 aromatic rings. The van der Waals surface area contributed by atoms with Crippen LogP contribution in [0, 0.1) is 5.82 Å². The highest BCUT2D eigenvalue weighted by atomic mass is 35.5. The zero-order valence-corrected chi connectivity index (χ0v) is 14.4. The summed E-state index contributed by atoms with van der Waals surface area (Å²) in [5.41, 5.74) is 0.707. The van der Waals surface area contributed by atoms with Crippen LogP contribution < -0.4 is 5.32 Å². The molecule has 0 saturated carbocycles. The van der Waals surface area contributed by atoms with E-state index in [2.05, 4.69) is 38.2 Å². The van der Waals surface area contributed by atoms with Gasteiger partial charge in [-0.1, -0.05) is 39.3 Å². The highest BCUT2D eigenvalue weighted by molar-refractivity contribution is 7.12. The first-order valence-corrected chi connectivity index (χ1v) is 8.31. The van der Waals surface area contributed by atoms with Crippen molar-refractivity contribution in [1.29, 1.82) is 0 Å². The van der Waals surface area contributed by atoms with Crippen LogP contribution in [0.2, 0.25) is 5.02 Å². The van der Waals surface area contributed by atoms with Gasteiger partial charge in [-0.2, -0.15) is 0 Å². The first-order valence-electron chi connectivity index (χ1n) is 7.11. The first-order chi connectivity index (χ1) is 9.82. The van der Waals surface area contributed by atoms with E-state index in [1.165, 1.54) is 10.9 Å². The molecule has 2 rings (SSSR count). The lowest BCUT2D eigenvalue weighted by molar-refractivity contribution is 0.563. The lowest BCUT2D eigenvalue weighted by Gasteiger charge is -2.19. The van der Waals surface area contributed by atoms with E-state index in [4.69, 9.17) is 11.6 Å². The summed E-state index contributed by atoms with van der Waals surface area (Å²) < 4.78 is 14.2. The van der Waals surface area contributed by atoms with Gasteiger partial charge in [-0.3, -0.25) is 0 Å². The van der Waals surface area contributed by atoms with E-state index in [-0.39, 0.29) is 17.3 Å². The number of nitrogens with one attached hydrogen (secondary N) is 1. The molecule has 4 heteroatoms. The van der Waals surface area contributed by atoms with Gasteiger partial charge in [-0.15, -0.1) is 11.3 Å². The summed E-state index contributed by atoms with van der Waals surface area (Å²) >= 11 is 7.76. The van der Waals surface area contributed by atoms with Crippen LogP contribution in [0.15, 0.2) is 30.3 Å². The Morgan fingerprint density at radius 1 is 1.24 bits per heavy atom. The van der Waals surface area contributed by atoms with Gasteiger partial charge >= 0.3 is 0 Å². The van der Waals surface area contributed by atoms with Gasteiger partial charge in [0.2, 0.25) is 0 Å². The maximum atomic E-state index is 14.2. The van der Waals surface area contributed by atoms with Crippen LogP contribution in [0.3, 0.4) is 0 Å². The number of benzene rings is 1. The molecule has 0 aliphatic heterocycles. The number of thiophene rings is 1. The molecular weight excluding hydrogens is 305 g/mol. The summed E-state index contributed by atoms with van der Waals surface area (Å²) in [5, 5.41) is 3.92. The van der Waals surface area contributed by atoms with Crippen molar-refractivity contribution in [2.24, 2.45) is 0 Å². The Morgan fingerprint density at radius 2 is 1.95 bits per heavy atom. The third-order valence-electron chi connectivity index (χ3n) is 3.33. The fraction of sp³-hybridized carbons (Fsp3) is 0.412. The molecule has 0 aliphatic carbocycles. The lowest BCUT2D eigenvalue weighted by atomic mass is 9.95. The molecule has 1 heterocycles. The van der Waals surface area contributed by atoms with Crippen LogP contribution in [-0.4, -0.2) is 6.54 Å². The predicted molar refractivity (Wildman–Crippen MR) is 89.9 cm³/mol. The summed E-state index contributed by atoms with van der Waals surface area (Å²) in [6.07, 6.45) is 0. The van der Waals surface area contributed by atoms with Gasteiger partial charge in [0.1, 0.15) is 5.82 Å². The average molecular weight is 326 g/mol. The smallest absolute Gasteiger partial charge is 0.128 e. The minimum atomic E-state index is -0.226. The van der Waals surface area contributed by atoms with E-state index in [0.717, 1.165) is 11.4 Å². The summed E-state index contributed by atoms with van der Waals surface area (Å²) in [7, 11) is 0. The third-order valence-corrected chi connectivity index (χ3v) is 5.14. The van der Waals surface area contributed by atoms with Crippen molar-refractivity contribution in [2.75, 3.05) is 6.54 Å². The van der Waals surface area contributed by atoms with E-state index >= 15 is 0 Å². The summed E-state index contributed by atoms with van der Waals surface area (Å²) in [6, 6.07) is 8.78. The number of hydrogen-bond donors (Lipinski definition) is 1. The van der Waals surface area contributed by atoms with Gasteiger partial charge in [0.25, 0.3) is 0 Å². The van der Waals surface area contributed by atoms with Crippen LogP contribution in [0.4, 0.5) is 4.39 Å². The molecule has 1 aromatic heterocycles. The van der Waals surface area contributed by atoms with Gasteiger partial charge in [0, 0.05) is 20.3 Å². The molecule has 0 saturated heterocycles. The Morgan fingerprint density at radius 3 is 2.52 bits per heavy atom. The third kappa shape index (κ3) is 3.85. The van der Waals surface area contributed by atoms with Crippen molar-refractivity contribution in [1.82, 2.24) is 5.32 Å². The fourth-order valence-corrected chi connectivity index (χ4v) is 3.56. The van der Waals surface area contributed by atoms with Crippen LogP contribution >= 0.6 is 22.9 Å². The maximum absolute atomic E-state index is 14.2. The molecule has 0 radical (unpaired) electrons. The molecule has 1 N–H and O–H groups in total. The summed E-state index contributed by atoms with van der Waals surface area (Å²) in [4.78, 5) is 2.41. The second-order valence-electron chi connectivity index (χ2n) is 6.11. The van der Waals surface area contributed by atoms with Gasteiger partial charge in [0.15, 0.2) is 0 Å². The largest absolute Gasteiger partial charge is 0.306 e. The molecule has 1 atom stereocenters. The van der Waals surface area contributed by atoms with Crippen molar-refractivity contribution in [2.45, 2.75) is 39.2 Å². The monoisotopic (exact) mass is 325 g/mol. The van der Waals surface area contributed by atoms with Gasteiger partial charge in [0.05, 0.1) is 6.04 Å². The molecule has 1 nitrogen and oxygen atoms in total. The van der Waals surface area contributed by atoms with E-state index in [0.29, 0.717) is 10.6 Å². The molecule has 1 aromatic carbocycles. The van der Waals surface area contributed by atoms with E-state index in [1.54, 1.807) is 23.5 Å². The normalized spacial score (nSPS) is 13.4. The fourth-order valence-electron chi connectivity index (χ4n) is 2.21. The van der Waals surface area contributed by atoms with Crippen molar-refractivity contribution in [3.63, 3.8) is 0 Å². The standard InChI is InChI=1S/C17H21ClFNS/c1-5-20-16(12-10-11(18)6-7-13(12)19)14-8-9-15(21-14)17(2,3)4/h6-10,16,20H,5H2,1-4H3. The molecule has 0 fully saturated rings. The van der Waals surface area contributed by atoms with Crippen LogP contribution in [0.25, 0.3) is 0 Å². The van der Waals surface area contributed by atoms with Crippen molar-refractivity contribution < 1.29 is 4.39 Å². The molecular formula is C17H21ClFNS. The van der Waals surface area contributed by atoms with Gasteiger partial charge < -0.3 is 5.32 Å². The van der Waals surface area contributed by atoms with E-state index in [1.807, 2.05) is 6.92 Å². The topological polar surface area (TPSA) is 12.0 Å². The Kier molecular flexibility index (Phi) is 5.07. The van der Waals surface area contributed by atoms with Crippen LogP contribution in [-0.2, 0) is 5.41 Å². The number of rotatable bonds is 4. The zero-order valence-electron chi connectivity index (χ0n) is 12.8. The molecule has 1 unspecified atom stereocenters. The molecule has 0 spiro atoms. The average Bonchev–Trinajstić information content (AvgIpc) is 2.88. The molecule has 0 amide bonds. The maximum Gasteiger partial charge on any atom is 0.128 e. The summed E-state index contributed by atoms with van der Waals surface area (Å²) in [5.74, 6) is -0.226. The predicted octanol–water partition coefficient (Wildman–Crippen LogP) is 5.54. The lowest BCUT2D eigenvalue weighted by Crippen LogP contribution is -2.22. The quantitative estimate of drug-likeness (QED) is 0.778. The SMILES string of the molecule is CCNC(c1ccc(C(C)(C)C)s1)c1cc(Cl)ccc1F. The number of hydrogen-bond acceptors (Lipinski definition) is 2. The zero-order chi connectivity index (χ0) is 15.6. The highest BCUT2D eigenvalue weighted by Crippen LogP contribution is 2.35.